The number of carboxylic acid groups (broad SMARTS) is 1. The highest BCUT2D eigenvalue weighted by Crippen LogP contribution is 2.55. The Morgan fingerprint density at radius 3 is 2.47 bits per heavy atom. The minimum atomic E-state index is -5.03. The lowest BCUT2D eigenvalue weighted by molar-refractivity contribution is -0.174. The van der Waals surface area contributed by atoms with Crippen molar-refractivity contribution in [3.05, 3.63) is 33.9 Å². The maximum atomic E-state index is 15.4. The zero-order valence-corrected chi connectivity index (χ0v) is 18.0. The number of pyridine rings is 1. The Balaban J connectivity index is 1.62. The normalized spacial score (nSPS) is 21.2. The van der Waals surface area contributed by atoms with Crippen molar-refractivity contribution in [3.63, 3.8) is 0 Å². The number of hydrogen-bond donors (Lipinski definition) is 2. The number of benzene rings is 1. The lowest BCUT2D eigenvalue weighted by Gasteiger charge is -2.25. The van der Waals surface area contributed by atoms with E-state index in [0.29, 0.717) is 12.8 Å². The van der Waals surface area contributed by atoms with Gasteiger partial charge in [0.05, 0.1) is 24.1 Å². The van der Waals surface area contributed by atoms with Gasteiger partial charge in [0.1, 0.15) is 11.3 Å². The Morgan fingerprint density at radius 1 is 1.26 bits per heavy atom. The summed E-state index contributed by atoms with van der Waals surface area (Å²) in [5.74, 6) is -4.32. The predicted octanol–water partition coefficient (Wildman–Crippen LogP) is 2.83. The zero-order chi connectivity index (χ0) is 24.6. The molecular weight excluding hydrogens is 462 g/mol. The van der Waals surface area contributed by atoms with Gasteiger partial charge in [0.2, 0.25) is 5.43 Å². The van der Waals surface area contributed by atoms with E-state index in [0.717, 1.165) is 18.9 Å². The molecule has 0 bridgehead atoms. The summed E-state index contributed by atoms with van der Waals surface area (Å²) in [4.78, 5) is 37.5. The SMILES string of the molecule is COc1c(N2C[C@@H](NC(=O)C(F)(F)F)C3(CC3)C2)c(F)cc2c(=O)c(C(=O)O)cn(C3CC3)c12. The quantitative estimate of drug-likeness (QED) is 0.635. The molecule has 1 aromatic carbocycles. The fourth-order valence-corrected chi connectivity index (χ4v) is 4.97. The van der Waals surface area contributed by atoms with E-state index < -0.39 is 46.3 Å². The van der Waals surface area contributed by atoms with Crippen LogP contribution in [0.4, 0.5) is 23.2 Å². The topological polar surface area (TPSA) is 101 Å². The number of nitrogens with zero attached hydrogens (tertiary/aromatic N) is 2. The summed E-state index contributed by atoms with van der Waals surface area (Å²) in [6.45, 7) is 0.136. The molecule has 0 radical (unpaired) electrons. The number of carbonyl (C=O) groups is 2. The molecular formula is C22H21F4N3O5. The van der Waals surface area contributed by atoms with Crippen LogP contribution in [0.1, 0.15) is 42.1 Å². The van der Waals surface area contributed by atoms with Gasteiger partial charge in [0, 0.05) is 30.7 Å². The van der Waals surface area contributed by atoms with E-state index >= 15 is 4.39 Å². The minimum absolute atomic E-state index is 0.00883. The molecule has 1 spiro atoms. The molecule has 1 atom stereocenters. The van der Waals surface area contributed by atoms with Crippen molar-refractivity contribution in [3.8, 4) is 5.75 Å². The van der Waals surface area contributed by atoms with Gasteiger partial charge in [-0.05, 0) is 31.7 Å². The van der Waals surface area contributed by atoms with Gasteiger partial charge in [-0.2, -0.15) is 13.2 Å². The van der Waals surface area contributed by atoms with E-state index in [2.05, 4.69) is 0 Å². The first-order valence-corrected chi connectivity index (χ1v) is 10.8. The average Bonchev–Trinajstić information content (AvgIpc) is 3.66. The van der Waals surface area contributed by atoms with Gasteiger partial charge in [0.25, 0.3) is 0 Å². The molecule has 0 unspecified atom stereocenters. The van der Waals surface area contributed by atoms with E-state index in [4.69, 9.17) is 4.74 Å². The molecule has 2 heterocycles. The third-order valence-corrected chi connectivity index (χ3v) is 6.99. The molecule has 34 heavy (non-hydrogen) atoms. The van der Waals surface area contributed by atoms with E-state index in [1.807, 2.05) is 5.32 Å². The summed E-state index contributed by atoms with van der Waals surface area (Å²) < 4.78 is 61.1. The first kappa shape index (κ1) is 22.5. The summed E-state index contributed by atoms with van der Waals surface area (Å²) in [6, 6.07) is 0.0456. The number of amides is 1. The van der Waals surface area contributed by atoms with Gasteiger partial charge in [-0.1, -0.05) is 0 Å². The van der Waals surface area contributed by atoms with Crippen molar-refractivity contribution in [2.45, 2.75) is 43.9 Å². The summed E-state index contributed by atoms with van der Waals surface area (Å²) in [7, 11) is 1.29. The summed E-state index contributed by atoms with van der Waals surface area (Å²) in [6.07, 6.45) is -1.15. The first-order valence-electron chi connectivity index (χ1n) is 10.8. The average molecular weight is 483 g/mol. The molecule has 2 aliphatic carbocycles. The Kier molecular flexibility index (Phi) is 4.86. The van der Waals surface area contributed by atoms with Crippen LogP contribution in [-0.2, 0) is 4.79 Å². The number of aromatic nitrogens is 1. The first-order chi connectivity index (χ1) is 16.0. The number of methoxy groups -OCH3 is 1. The molecule has 1 amide bonds. The Labute approximate surface area is 190 Å². The predicted molar refractivity (Wildman–Crippen MR) is 112 cm³/mol. The Morgan fingerprint density at radius 2 is 1.94 bits per heavy atom. The number of alkyl halides is 3. The standard InChI is InChI=1S/C22H21F4N3O5/c1-34-18-15-11(17(30)12(19(31)32)7-29(15)10-2-3-10)6-13(23)16(18)28-8-14(21(9-28)4-5-21)27-20(33)22(24,25)26/h6-7,10,14H,2-5,8-9H2,1H3,(H,27,33)(H,31,32)/t14-/m1/s1. The van der Waals surface area contributed by atoms with Crippen LogP contribution < -0.4 is 20.4 Å². The highest BCUT2D eigenvalue weighted by Gasteiger charge is 2.57. The third-order valence-electron chi connectivity index (χ3n) is 6.99. The molecule has 8 nitrogen and oxygen atoms in total. The van der Waals surface area contributed by atoms with E-state index in [1.54, 1.807) is 4.57 Å². The van der Waals surface area contributed by atoms with Gasteiger partial charge in [0.15, 0.2) is 11.6 Å². The fourth-order valence-electron chi connectivity index (χ4n) is 4.97. The highest BCUT2D eigenvalue weighted by molar-refractivity contribution is 5.97. The maximum absolute atomic E-state index is 15.4. The molecule has 5 rings (SSSR count). The number of carbonyl (C=O) groups excluding carboxylic acids is 1. The van der Waals surface area contributed by atoms with E-state index in [9.17, 15) is 32.7 Å². The molecule has 3 aliphatic rings. The van der Waals surface area contributed by atoms with Gasteiger partial charge >= 0.3 is 18.1 Å². The zero-order valence-electron chi connectivity index (χ0n) is 18.0. The Bertz CT molecular complexity index is 1280. The number of fused-ring (bicyclic) bond motifs is 1. The van der Waals surface area contributed by atoms with Crippen LogP contribution in [0, 0.1) is 11.2 Å². The number of aromatic carboxylic acids is 1. The van der Waals surface area contributed by atoms with E-state index in [-0.39, 0.29) is 41.5 Å². The fraction of sp³-hybridized carbons (Fsp3) is 0.500. The lowest BCUT2D eigenvalue weighted by Crippen LogP contribution is -2.47. The number of carboxylic acids is 1. The number of rotatable bonds is 5. The Hall–Kier alpha value is -3.31. The van der Waals surface area contributed by atoms with E-state index in [1.165, 1.54) is 18.2 Å². The molecule has 3 fully saturated rings. The van der Waals surface area contributed by atoms with Crippen molar-refractivity contribution in [2.75, 3.05) is 25.1 Å². The van der Waals surface area contributed by atoms with Crippen LogP contribution in [0.25, 0.3) is 10.9 Å². The molecule has 2 saturated carbocycles. The highest BCUT2D eigenvalue weighted by atomic mass is 19.4. The van der Waals surface area contributed by atoms with Gasteiger partial charge in [-0.15, -0.1) is 0 Å². The van der Waals surface area contributed by atoms with Crippen molar-refractivity contribution >= 4 is 28.5 Å². The second-order valence-electron chi connectivity index (χ2n) is 9.22. The van der Waals surface area contributed by atoms with Crippen LogP contribution in [0.15, 0.2) is 17.1 Å². The van der Waals surface area contributed by atoms with Crippen LogP contribution in [0.2, 0.25) is 0 Å². The largest absolute Gasteiger partial charge is 0.492 e. The monoisotopic (exact) mass is 483 g/mol. The summed E-state index contributed by atoms with van der Waals surface area (Å²) in [5, 5.41) is 11.3. The number of nitrogens with one attached hydrogen (secondary N) is 1. The van der Waals surface area contributed by atoms with Gasteiger partial charge < -0.3 is 24.6 Å². The molecule has 1 saturated heterocycles. The lowest BCUT2D eigenvalue weighted by atomic mass is 10.0. The summed E-state index contributed by atoms with van der Waals surface area (Å²) in [5.41, 5.74) is -1.72. The molecule has 1 aromatic heterocycles. The van der Waals surface area contributed by atoms with Gasteiger partial charge in [-0.25, -0.2) is 9.18 Å². The molecule has 2 N–H and O–H groups in total. The maximum Gasteiger partial charge on any atom is 0.471 e. The van der Waals surface area contributed by atoms with Crippen LogP contribution in [0.5, 0.6) is 5.75 Å². The number of halogens is 4. The van der Waals surface area contributed by atoms with Crippen molar-refractivity contribution in [1.29, 1.82) is 0 Å². The van der Waals surface area contributed by atoms with Crippen molar-refractivity contribution in [1.82, 2.24) is 9.88 Å². The second-order valence-corrected chi connectivity index (χ2v) is 9.22. The molecule has 2 aromatic rings. The molecule has 1 aliphatic heterocycles. The van der Waals surface area contributed by atoms with Crippen LogP contribution in [-0.4, -0.2) is 54.0 Å². The number of anilines is 1. The summed E-state index contributed by atoms with van der Waals surface area (Å²) >= 11 is 0. The third kappa shape index (κ3) is 3.46. The van der Waals surface area contributed by atoms with Gasteiger partial charge in [-0.3, -0.25) is 9.59 Å². The minimum Gasteiger partial charge on any atom is -0.492 e. The van der Waals surface area contributed by atoms with Crippen molar-refractivity contribution < 1.29 is 37.0 Å². The number of ether oxygens (including phenoxy) is 1. The molecule has 12 heteroatoms. The van der Waals surface area contributed by atoms with Crippen LogP contribution in [0.3, 0.4) is 0 Å². The second kappa shape index (κ2) is 7.34. The van der Waals surface area contributed by atoms with Crippen molar-refractivity contribution in [2.24, 2.45) is 5.41 Å². The molecule has 182 valence electrons. The van der Waals surface area contributed by atoms with Crippen LogP contribution >= 0.6 is 0 Å². The number of hydrogen-bond acceptors (Lipinski definition) is 5. The smallest absolute Gasteiger partial charge is 0.471 e.